The zero-order valence-corrected chi connectivity index (χ0v) is 12.8. The maximum atomic E-state index is 10.8. The molecule has 0 saturated heterocycles. The molecule has 7 heteroatoms. The van der Waals surface area contributed by atoms with Gasteiger partial charge < -0.3 is 9.66 Å². The van der Waals surface area contributed by atoms with Gasteiger partial charge >= 0.3 is 29.6 Å². The van der Waals surface area contributed by atoms with E-state index in [-0.39, 0.29) is 35.5 Å². The van der Waals surface area contributed by atoms with Crippen LogP contribution >= 0.6 is 0 Å². The van der Waals surface area contributed by atoms with Gasteiger partial charge in [-0.25, -0.2) is 8.42 Å². The molecule has 0 rings (SSSR count). The van der Waals surface area contributed by atoms with E-state index < -0.39 is 21.2 Å². The number of aliphatic hydroxyl groups excluding tert-OH is 1. The molecule has 0 spiro atoms. The minimum Gasteiger partial charge on any atom is -0.747 e. The number of hydrogen-bond donors (Lipinski definition) is 2. The number of nitrogens with one attached hydrogen (secondary N) is 1. The van der Waals surface area contributed by atoms with Gasteiger partial charge in [0, 0.05) is 0 Å². The van der Waals surface area contributed by atoms with Gasteiger partial charge in [-0.3, -0.25) is 5.32 Å². The first-order chi connectivity index (χ1) is 6.12. The van der Waals surface area contributed by atoms with Crippen LogP contribution < -0.4 is 34.9 Å². The van der Waals surface area contributed by atoms with E-state index in [4.69, 9.17) is 0 Å². The molecule has 0 aliphatic heterocycles. The van der Waals surface area contributed by atoms with Crippen LogP contribution in [0.3, 0.4) is 0 Å². The van der Waals surface area contributed by atoms with Crippen LogP contribution in [0.1, 0.15) is 34.1 Å². The second-order valence-electron chi connectivity index (χ2n) is 3.94. The molecule has 0 aromatic rings. The Bertz CT molecular complexity index is 278. The van der Waals surface area contributed by atoms with Crippen LogP contribution in [0, 0.1) is 5.92 Å². The van der Waals surface area contributed by atoms with Crippen molar-refractivity contribution >= 4 is 10.1 Å². The molecule has 15 heavy (non-hydrogen) atoms. The molecule has 2 atom stereocenters. The minimum atomic E-state index is -4.46. The van der Waals surface area contributed by atoms with Gasteiger partial charge in [0.2, 0.25) is 0 Å². The van der Waals surface area contributed by atoms with Gasteiger partial charge in [0.1, 0.15) is 21.2 Å². The van der Waals surface area contributed by atoms with Gasteiger partial charge in [0.25, 0.3) is 0 Å². The Labute approximate surface area is 114 Å². The van der Waals surface area contributed by atoms with Gasteiger partial charge in [-0.15, -0.1) is 0 Å². The predicted molar refractivity (Wildman–Crippen MR) is 52.4 cm³/mol. The second kappa shape index (κ2) is 6.54. The fourth-order valence-corrected chi connectivity index (χ4v) is 1.06. The van der Waals surface area contributed by atoms with Crippen molar-refractivity contribution < 1.29 is 47.6 Å². The molecular weight excluding hydrogens is 229 g/mol. The van der Waals surface area contributed by atoms with E-state index in [1.54, 1.807) is 6.92 Å². The number of rotatable bonds is 5. The van der Waals surface area contributed by atoms with Crippen LogP contribution in [-0.4, -0.2) is 29.2 Å². The van der Waals surface area contributed by atoms with E-state index >= 15 is 0 Å². The van der Waals surface area contributed by atoms with Crippen molar-refractivity contribution in [1.82, 2.24) is 5.32 Å². The van der Waals surface area contributed by atoms with Crippen molar-refractivity contribution in [1.29, 1.82) is 0 Å². The summed E-state index contributed by atoms with van der Waals surface area (Å²) in [6.45, 7) is 6.11. The van der Waals surface area contributed by atoms with Gasteiger partial charge in [-0.05, 0) is 26.2 Å². The average molecular weight is 247 g/mol. The van der Waals surface area contributed by atoms with E-state index in [9.17, 15) is 18.1 Å². The van der Waals surface area contributed by atoms with Crippen molar-refractivity contribution in [2.24, 2.45) is 5.92 Å². The molecule has 0 heterocycles. The molecule has 2 N–H and O–H groups in total. The van der Waals surface area contributed by atoms with Crippen molar-refractivity contribution in [2.45, 2.75) is 45.2 Å². The zero-order valence-electron chi connectivity index (χ0n) is 9.94. The summed E-state index contributed by atoms with van der Waals surface area (Å²) in [4.78, 5) is -1.64. The molecule has 0 aromatic carbocycles. The normalized spacial score (nSPS) is 16.7. The largest absolute Gasteiger partial charge is 1.00 e. The molecule has 0 aromatic heterocycles. The molecule has 0 amide bonds. The fourth-order valence-electron chi connectivity index (χ4n) is 0.794. The average Bonchev–Trinajstić information content (AvgIpc) is 2.00. The van der Waals surface area contributed by atoms with E-state index in [0.717, 1.165) is 0 Å². The van der Waals surface area contributed by atoms with Crippen LogP contribution in [0.2, 0.25) is 0 Å². The van der Waals surface area contributed by atoms with Gasteiger partial charge in [0.15, 0.2) is 0 Å². The molecule has 0 saturated carbocycles. The van der Waals surface area contributed by atoms with E-state index in [2.05, 4.69) is 5.32 Å². The maximum absolute atomic E-state index is 10.8. The molecule has 5 nitrogen and oxygen atoms in total. The summed E-state index contributed by atoms with van der Waals surface area (Å²) in [5, 5.41) is 11.9. The van der Waals surface area contributed by atoms with Crippen molar-refractivity contribution in [3.63, 3.8) is 0 Å². The van der Waals surface area contributed by atoms with Crippen molar-refractivity contribution in [3.8, 4) is 0 Å². The third kappa shape index (κ3) is 5.63. The van der Waals surface area contributed by atoms with E-state index in [1.807, 2.05) is 6.92 Å². The monoisotopic (exact) mass is 247 g/mol. The maximum Gasteiger partial charge on any atom is 1.00 e. The van der Waals surface area contributed by atoms with Gasteiger partial charge in [-0.1, -0.05) is 13.8 Å². The Hall–Kier alpha value is 0.830. The van der Waals surface area contributed by atoms with Crippen LogP contribution in [0.15, 0.2) is 0 Å². The summed E-state index contributed by atoms with van der Waals surface area (Å²) >= 11 is 0. The molecular formula is C8H18NNaO4S. The predicted octanol–water partition coefficient (Wildman–Crippen LogP) is -2.77. The Morgan fingerprint density at radius 1 is 1.47 bits per heavy atom. The van der Waals surface area contributed by atoms with Crippen LogP contribution in [0.25, 0.3) is 0 Å². The smallest absolute Gasteiger partial charge is 0.747 e. The van der Waals surface area contributed by atoms with Gasteiger partial charge in [0.05, 0.1) is 0 Å². The summed E-state index contributed by atoms with van der Waals surface area (Å²) < 4.78 is 32.3. The summed E-state index contributed by atoms with van der Waals surface area (Å²) in [6, 6.07) is 0. The van der Waals surface area contributed by atoms with Crippen molar-refractivity contribution in [2.75, 3.05) is 0 Å². The first-order valence-electron chi connectivity index (χ1n) is 4.53. The molecule has 0 bridgehead atoms. The summed E-state index contributed by atoms with van der Waals surface area (Å²) in [6.07, 6.45) is -0.290. The van der Waals surface area contributed by atoms with Crippen molar-refractivity contribution in [3.05, 3.63) is 0 Å². The Kier molecular flexibility index (Phi) is 7.93. The number of hydrogen-bond acceptors (Lipinski definition) is 5. The quantitative estimate of drug-likeness (QED) is 0.312. The third-order valence-electron chi connectivity index (χ3n) is 2.30. The van der Waals surface area contributed by atoms with Crippen LogP contribution in [-0.2, 0) is 10.1 Å². The Morgan fingerprint density at radius 2 is 1.87 bits per heavy atom. The first-order valence-corrected chi connectivity index (χ1v) is 5.94. The molecule has 2 unspecified atom stereocenters. The molecule has 0 aliphatic carbocycles. The van der Waals surface area contributed by atoms with Crippen LogP contribution in [0.4, 0.5) is 0 Å². The second-order valence-corrected chi connectivity index (χ2v) is 5.87. The Morgan fingerprint density at radius 3 is 2.13 bits per heavy atom. The molecule has 0 aliphatic rings. The standard InChI is InChI=1S/C8H19NO4S.Na/c1-5-6(2)7(10)9-8(3,4)14(11,12)13;/h6-7,9-10H,5H2,1-4H3,(H,11,12,13);/q;+1/p-1. The zero-order chi connectivity index (χ0) is 11.6. The fraction of sp³-hybridized carbons (Fsp3) is 1.00. The van der Waals surface area contributed by atoms with Crippen LogP contribution in [0.5, 0.6) is 0 Å². The summed E-state index contributed by atoms with van der Waals surface area (Å²) in [7, 11) is -4.46. The third-order valence-corrected chi connectivity index (χ3v) is 3.67. The number of aliphatic hydroxyl groups is 1. The van der Waals surface area contributed by atoms with E-state index in [1.165, 1.54) is 13.8 Å². The summed E-state index contributed by atoms with van der Waals surface area (Å²) in [5.74, 6) is -0.101. The SMILES string of the molecule is CCC(C)C(O)NC(C)(C)S(=O)(=O)[O-].[Na+]. The topological polar surface area (TPSA) is 89.5 Å². The Balaban J connectivity index is 0. The molecule has 86 valence electrons. The molecule has 0 radical (unpaired) electrons. The minimum absolute atomic E-state index is 0. The molecule has 0 fully saturated rings. The van der Waals surface area contributed by atoms with E-state index in [0.29, 0.717) is 6.42 Å². The first kappa shape index (κ1) is 18.2. The summed E-state index contributed by atoms with van der Waals surface area (Å²) in [5.41, 5.74) is 0. The van der Waals surface area contributed by atoms with Gasteiger partial charge in [-0.2, -0.15) is 0 Å².